The van der Waals surface area contributed by atoms with Gasteiger partial charge in [-0.2, -0.15) is 5.26 Å². The summed E-state index contributed by atoms with van der Waals surface area (Å²) in [5.74, 6) is -0.610. The van der Waals surface area contributed by atoms with Crippen LogP contribution in [-0.4, -0.2) is 22.9 Å². The van der Waals surface area contributed by atoms with E-state index in [1.165, 1.54) is 0 Å². The summed E-state index contributed by atoms with van der Waals surface area (Å²) >= 11 is 0. The van der Waals surface area contributed by atoms with E-state index < -0.39 is 5.92 Å². The smallest absolute Gasteiger partial charge is 0.240 e. The summed E-state index contributed by atoms with van der Waals surface area (Å²) in [4.78, 5) is 13.9. The van der Waals surface area contributed by atoms with E-state index in [2.05, 4.69) is 12.6 Å². The highest BCUT2D eigenvalue weighted by atomic mass is 16.2. The first-order valence-corrected chi connectivity index (χ1v) is 5.70. The predicted molar refractivity (Wildman–Crippen MR) is 65.7 cm³/mol. The Morgan fingerprint density at radius 2 is 2.12 bits per heavy atom. The summed E-state index contributed by atoms with van der Waals surface area (Å²) in [5, 5.41) is 8.99. The van der Waals surface area contributed by atoms with Crippen molar-refractivity contribution in [3.8, 4) is 6.07 Å². The molecule has 0 N–H and O–H groups in total. The Morgan fingerprint density at radius 1 is 1.56 bits per heavy atom. The quantitative estimate of drug-likeness (QED) is 0.671. The molecule has 3 heteroatoms. The molecule has 0 rings (SSSR count). The second-order valence-corrected chi connectivity index (χ2v) is 4.88. The molecule has 0 aliphatic rings. The first-order valence-electron chi connectivity index (χ1n) is 5.70. The summed E-state index contributed by atoms with van der Waals surface area (Å²) in [6.07, 6.45) is 3.17. The van der Waals surface area contributed by atoms with E-state index in [-0.39, 0.29) is 11.4 Å². The molecule has 0 fully saturated rings. The van der Waals surface area contributed by atoms with Gasteiger partial charge in [-0.25, -0.2) is 0 Å². The number of nitrogens with zero attached hydrogens (tertiary/aromatic N) is 2. The van der Waals surface area contributed by atoms with Crippen molar-refractivity contribution in [1.82, 2.24) is 4.90 Å². The lowest BCUT2D eigenvalue weighted by atomic mass is 9.99. The highest BCUT2D eigenvalue weighted by Crippen LogP contribution is 2.18. The van der Waals surface area contributed by atoms with Crippen LogP contribution in [0.4, 0.5) is 0 Å². The molecule has 0 radical (unpaired) electrons. The third-order valence-electron chi connectivity index (χ3n) is 2.42. The second-order valence-electron chi connectivity index (χ2n) is 4.88. The minimum absolute atomic E-state index is 0.0863. The van der Waals surface area contributed by atoms with Crippen molar-refractivity contribution in [2.75, 3.05) is 6.54 Å². The van der Waals surface area contributed by atoms with Gasteiger partial charge in [0.1, 0.15) is 5.92 Å². The van der Waals surface area contributed by atoms with Crippen LogP contribution in [0.5, 0.6) is 0 Å². The van der Waals surface area contributed by atoms with Gasteiger partial charge in [0, 0.05) is 12.1 Å². The Kier molecular flexibility index (Phi) is 5.81. The van der Waals surface area contributed by atoms with E-state index in [1.807, 2.05) is 27.7 Å². The van der Waals surface area contributed by atoms with Crippen LogP contribution in [-0.2, 0) is 4.79 Å². The molecule has 0 saturated carbocycles. The molecule has 0 spiro atoms. The zero-order valence-corrected chi connectivity index (χ0v) is 10.8. The van der Waals surface area contributed by atoms with Crippen molar-refractivity contribution in [2.24, 2.45) is 5.92 Å². The minimum atomic E-state index is -0.524. The van der Waals surface area contributed by atoms with Crippen molar-refractivity contribution in [1.29, 1.82) is 5.26 Å². The Morgan fingerprint density at radius 3 is 2.44 bits per heavy atom. The molecule has 3 nitrogen and oxygen atoms in total. The Labute approximate surface area is 98.7 Å². The lowest BCUT2D eigenvalue weighted by Crippen LogP contribution is -2.48. The molecule has 16 heavy (non-hydrogen) atoms. The molecule has 1 unspecified atom stereocenters. The summed E-state index contributed by atoms with van der Waals surface area (Å²) in [5.41, 5.74) is -0.270. The van der Waals surface area contributed by atoms with Crippen LogP contribution in [0.25, 0.3) is 0 Å². The maximum atomic E-state index is 12.2. The molecule has 90 valence electrons. The standard InChI is InChI=1S/C13H22N2O/c1-6-8-11(10-14)12(16)15(9-7-2)13(3,4)5/h7,11H,2,6,8-9H2,1,3-5H3. The zero-order valence-electron chi connectivity index (χ0n) is 10.8. The van der Waals surface area contributed by atoms with E-state index in [9.17, 15) is 4.79 Å². The van der Waals surface area contributed by atoms with Crippen molar-refractivity contribution >= 4 is 5.91 Å². The fourth-order valence-electron chi connectivity index (χ4n) is 1.54. The van der Waals surface area contributed by atoms with Crippen LogP contribution in [0.1, 0.15) is 40.5 Å². The highest BCUT2D eigenvalue weighted by molar-refractivity contribution is 5.82. The molecule has 0 heterocycles. The van der Waals surface area contributed by atoms with Crippen molar-refractivity contribution in [3.63, 3.8) is 0 Å². The zero-order chi connectivity index (χ0) is 12.8. The molecular weight excluding hydrogens is 200 g/mol. The topological polar surface area (TPSA) is 44.1 Å². The van der Waals surface area contributed by atoms with Gasteiger partial charge in [0.05, 0.1) is 6.07 Å². The van der Waals surface area contributed by atoms with E-state index in [0.29, 0.717) is 13.0 Å². The third-order valence-corrected chi connectivity index (χ3v) is 2.42. The normalized spacial score (nSPS) is 12.7. The maximum absolute atomic E-state index is 12.2. The highest BCUT2D eigenvalue weighted by Gasteiger charge is 2.30. The van der Waals surface area contributed by atoms with E-state index in [1.54, 1.807) is 11.0 Å². The number of amides is 1. The monoisotopic (exact) mass is 222 g/mol. The van der Waals surface area contributed by atoms with Gasteiger partial charge in [0.25, 0.3) is 0 Å². The van der Waals surface area contributed by atoms with Gasteiger partial charge in [0.15, 0.2) is 0 Å². The average molecular weight is 222 g/mol. The Bertz CT molecular complexity index is 283. The molecule has 0 aromatic carbocycles. The Balaban J connectivity index is 4.86. The van der Waals surface area contributed by atoms with Crippen LogP contribution >= 0.6 is 0 Å². The van der Waals surface area contributed by atoms with Gasteiger partial charge in [-0.15, -0.1) is 6.58 Å². The van der Waals surface area contributed by atoms with Crippen LogP contribution in [0.15, 0.2) is 12.7 Å². The molecule has 0 aromatic heterocycles. The fraction of sp³-hybridized carbons (Fsp3) is 0.692. The van der Waals surface area contributed by atoms with E-state index >= 15 is 0 Å². The molecule has 0 aromatic rings. The summed E-state index contributed by atoms with van der Waals surface area (Å²) in [6.45, 7) is 12.0. The van der Waals surface area contributed by atoms with Gasteiger partial charge in [-0.3, -0.25) is 4.79 Å². The number of hydrogen-bond acceptors (Lipinski definition) is 2. The van der Waals surface area contributed by atoms with Gasteiger partial charge >= 0.3 is 0 Å². The summed E-state index contributed by atoms with van der Waals surface area (Å²) in [7, 11) is 0. The number of nitriles is 1. The van der Waals surface area contributed by atoms with Gasteiger partial charge in [0.2, 0.25) is 5.91 Å². The van der Waals surface area contributed by atoms with Gasteiger partial charge < -0.3 is 4.90 Å². The number of rotatable bonds is 5. The first-order chi connectivity index (χ1) is 7.38. The molecular formula is C13H22N2O. The predicted octanol–water partition coefficient (Wildman–Crippen LogP) is 2.74. The SMILES string of the molecule is C=CCN(C(=O)C(C#N)CCC)C(C)(C)C. The molecule has 0 bridgehead atoms. The van der Waals surface area contributed by atoms with Crippen molar-refractivity contribution < 1.29 is 4.79 Å². The first kappa shape index (κ1) is 14.7. The summed E-state index contributed by atoms with van der Waals surface area (Å²) in [6, 6.07) is 2.09. The van der Waals surface area contributed by atoms with Gasteiger partial charge in [-0.1, -0.05) is 19.4 Å². The molecule has 0 saturated heterocycles. The largest absolute Gasteiger partial charge is 0.333 e. The fourth-order valence-corrected chi connectivity index (χ4v) is 1.54. The van der Waals surface area contributed by atoms with Crippen molar-refractivity contribution in [3.05, 3.63) is 12.7 Å². The molecule has 1 atom stereocenters. The van der Waals surface area contributed by atoms with Crippen LogP contribution in [0.3, 0.4) is 0 Å². The molecule has 0 aliphatic carbocycles. The Hall–Kier alpha value is -1.30. The number of carbonyl (C=O) groups is 1. The van der Waals surface area contributed by atoms with E-state index in [4.69, 9.17) is 5.26 Å². The maximum Gasteiger partial charge on any atom is 0.240 e. The van der Waals surface area contributed by atoms with Crippen LogP contribution in [0, 0.1) is 17.2 Å². The van der Waals surface area contributed by atoms with E-state index in [0.717, 1.165) is 6.42 Å². The van der Waals surface area contributed by atoms with Crippen LogP contribution in [0.2, 0.25) is 0 Å². The average Bonchev–Trinajstić information content (AvgIpc) is 2.20. The summed E-state index contributed by atoms with van der Waals surface area (Å²) < 4.78 is 0. The molecule has 0 aliphatic heterocycles. The lowest BCUT2D eigenvalue weighted by molar-refractivity contribution is -0.138. The number of carbonyl (C=O) groups excluding carboxylic acids is 1. The number of hydrogen-bond donors (Lipinski definition) is 0. The third kappa shape index (κ3) is 4.06. The second kappa shape index (κ2) is 6.32. The minimum Gasteiger partial charge on any atom is -0.333 e. The molecule has 1 amide bonds. The lowest BCUT2D eigenvalue weighted by Gasteiger charge is -2.36. The van der Waals surface area contributed by atoms with Crippen molar-refractivity contribution in [2.45, 2.75) is 46.1 Å². The van der Waals surface area contributed by atoms with Crippen LogP contribution < -0.4 is 0 Å². The van der Waals surface area contributed by atoms with Gasteiger partial charge in [-0.05, 0) is 27.2 Å².